The fraction of sp³-hybridized carbons (Fsp3) is 0.333. The van der Waals surface area contributed by atoms with Crippen molar-refractivity contribution in [3.63, 3.8) is 0 Å². The molecule has 0 aliphatic rings. The molecule has 8 heteroatoms. The van der Waals surface area contributed by atoms with E-state index in [1.807, 2.05) is 31.2 Å². The summed E-state index contributed by atoms with van der Waals surface area (Å²) in [6.07, 6.45) is 1.59. The van der Waals surface area contributed by atoms with E-state index in [1.54, 1.807) is 7.05 Å². The van der Waals surface area contributed by atoms with E-state index in [1.165, 1.54) is 23.4 Å². The average molecular weight is 435 g/mol. The van der Waals surface area contributed by atoms with E-state index in [9.17, 15) is 9.59 Å². The van der Waals surface area contributed by atoms with Crippen molar-refractivity contribution in [3.8, 4) is 0 Å². The van der Waals surface area contributed by atoms with Crippen LogP contribution in [-0.4, -0.2) is 19.1 Å². The van der Waals surface area contributed by atoms with E-state index in [4.69, 9.17) is 0 Å². The van der Waals surface area contributed by atoms with Crippen LogP contribution in [0.4, 0.5) is 0 Å². The lowest BCUT2D eigenvalue weighted by Gasteiger charge is -2.11. The van der Waals surface area contributed by atoms with Gasteiger partial charge in [-0.3, -0.25) is 13.9 Å². The molecule has 0 saturated heterocycles. The van der Waals surface area contributed by atoms with Gasteiger partial charge in [-0.2, -0.15) is 0 Å². The number of nitrogens with zero attached hydrogens (tertiary/aromatic N) is 4. The Morgan fingerprint density at radius 3 is 2.42 bits per heavy atom. The van der Waals surface area contributed by atoms with Crippen molar-refractivity contribution >= 4 is 38.7 Å². The summed E-state index contributed by atoms with van der Waals surface area (Å²) in [5.41, 5.74) is 0.787. The highest BCUT2D eigenvalue weighted by atomic mass is 79.9. The van der Waals surface area contributed by atoms with Crippen molar-refractivity contribution in [1.82, 2.24) is 19.1 Å². The van der Waals surface area contributed by atoms with Gasteiger partial charge < -0.3 is 0 Å². The summed E-state index contributed by atoms with van der Waals surface area (Å²) >= 11 is 4.92. The smallest absolute Gasteiger partial charge is 0.280 e. The van der Waals surface area contributed by atoms with Gasteiger partial charge in [-0.05, 0) is 24.1 Å². The second-order valence-corrected chi connectivity index (χ2v) is 7.89. The number of hydrogen-bond acceptors (Lipinski definition) is 5. The molecule has 3 rings (SSSR count). The lowest BCUT2D eigenvalue weighted by molar-refractivity contribution is 0.696. The van der Waals surface area contributed by atoms with Crippen LogP contribution in [0.2, 0.25) is 0 Å². The number of fused-ring (bicyclic) bond motifs is 1. The lowest BCUT2D eigenvalue weighted by atomic mass is 10.2. The molecule has 0 saturated carbocycles. The van der Waals surface area contributed by atoms with Crippen LogP contribution in [0.15, 0.2) is 43.4 Å². The molecule has 0 radical (unpaired) electrons. The van der Waals surface area contributed by atoms with Gasteiger partial charge in [0.25, 0.3) is 5.56 Å². The fourth-order valence-corrected chi connectivity index (χ4v) is 3.90. The Hall–Kier alpha value is -1.93. The normalized spacial score (nSPS) is 11.2. The van der Waals surface area contributed by atoms with Crippen molar-refractivity contribution in [2.24, 2.45) is 14.1 Å². The molecule has 0 aliphatic carbocycles. The first-order chi connectivity index (χ1) is 12.4. The molecule has 0 N–H and O–H groups in total. The van der Waals surface area contributed by atoms with Crippen molar-refractivity contribution in [2.45, 2.75) is 30.5 Å². The van der Waals surface area contributed by atoms with Gasteiger partial charge in [0.05, 0.1) is 0 Å². The summed E-state index contributed by atoms with van der Waals surface area (Å²) in [6.45, 7) is 2.05. The van der Waals surface area contributed by atoms with Gasteiger partial charge in [0.1, 0.15) is 16.2 Å². The minimum atomic E-state index is -0.382. The molecule has 136 valence electrons. The zero-order valence-corrected chi connectivity index (χ0v) is 17.2. The van der Waals surface area contributed by atoms with E-state index in [-0.39, 0.29) is 11.2 Å². The van der Waals surface area contributed by atoms with E-state index in [0.717, 1.165) is 21.0 Å². The maximum atomic E-state index is 12.7. The third-order valence-electron chi connectivity index (χ3n) is 4.08. The summed E-state index contributed by atoms with van der Waals surface area (Å²) in [4.78, 5) is 34.0. The molecule has 6 nitrogen and oxygen atoms in total. The number of benzene rings is 1. The first kappa shape index (κ1) is 18.8. The van der Waals surface area contributed by atoms with Gasteiger partial charge in [0.15, 0.2) is 5.65 Å². The number of halogens is 1. The number of rotatable bonds is 5. The molecular weight excluding hydrogens is 416 g/mol. The molecule has 3 aromatic rings. The number of aryl methyl sites for hydroxylation is 2. The van der Waals surface area contributed by atoms with Crippen LogP contribution in [0, 0.1) is 0 Å². The molecule has 0 atom stereocenters. The highest BCUT2D eigenvalue weighted by Crippen LogP contribution is 2.26. The number of aromatic nitrogens is 4. The fourth-order valence-electron chi connectivity index (χ4n) is 2.64. The summed E-state index contributed by atoms with van der Waals surface area (Å²) in [5, 5.41) is 1.02. The van der Waals surface area contributed by atoms with Crippen LogP contribution in [0.3, 0.4) is 0 Å². The van der Waals surface area contributed by atoms with Crippen LogP contribution in [0.5, 0.6) is 0 Å². The topological polar surface area (TPSA) is 69.8 Å². The lowest BCUT2D eigenvalue weighted by Crippen LogP contribution is -2.37. The Morgan fingerprint density at radius 1 is 1.08 bits per heavy atom. The molecule has 2 aromatic heterocycles. The quantitative estimate of drug-likeness (QED) is 0.455. The van der Waals surface area contributed by atoms with Crippen LogP contribution in [0.1, 0.15) is 24.7 Å². The summed E-state index contributed by atoms with van der Waals surface area (Å²) < 4.78 is 3.55. The Balaban J connectivity index is 2.14. The zero-order chi connectivity index (χ0) is 18.8. The van der Waals surface area contributed by atoms with Crippen LogP contribution in [-0.2, 0) is 26.3 Å². The molecule has 1 aromatic carbocycles. The second kappa shape index (κ2) is 7.75. The maximum Gasteiger partial charge on any atom is 0.332 e. The Morgan fingerprint density at radius 2 is 1.77 bits per heavy atom. The van der Waals surface area contributed by atoms with Gasteiger partial charge in [-0.25, -0.2) is 14.8 Å². The average Bonchev–Trinajstić information content (AvgIpc) is 2.64. The molecule has 0 bridgehead atoms. The molecular formula is C18H19BrN4O2S. The van der Waals surface area contributed by atoms with Crippen LogP contribution >= 0.6 is 27.7 Å². The van der Waals surface area contributed by atoms with Crippen molar-refractivity contribution in [2.75, 3.05) is 0 Å². The molecule has 0 fully saturated rings. The van der Waals surface area contributed by atoms with E-state index < -0.39 is 0 Å². The van der Waals surface area contributed by atoms with Gasteiger partial charge in [0, 0.05) is 30.7 Å². The van der Waals surface area contributed by atoms with Gasteiger partial charge >= 0.3 is 5.69 Å². The van der Waals surface area contributed by atoms with Crippen molar-refractivity contribution in [1.29, 1.82) is 0 Å². The van der Waals surface area contributed by atoms with Crippen molar-refractivity contribution in [3.05, 3.63) is 61.0 Å². The van der Waals surface area contributed by atoms with E-state index >= 15 is 0 Å². The van der Waals surface area contributed by atoms with Crippen LogP contribution < -0.4 is 11.2 Å². The largest absolute Gasteiger partial charge is 0.332 e. The highest BCUT2D eigenvalue weighted by Gasteiger charge is 2.17. The number of thioether (sulfide) groups is 1. The predicted molar refractivity (Wildman–Crippen MR) is 108 cm³/mol. The first-order valence-corrected chi connectivity index (χ1v) is 10.0. The Labute approximate surface area is 163 Å². The SMILES string of the molecule is CCCc1nc(SCc2ccc(Br)cc2)c2c(=O)n(C)c(=O)n(C)c2n1. The third kappa shape index (κ3) is 3.61. The third-order valence-corrected chi connectivity index (χ3v) is 5.65. The predicted octanol–water partition coefficient (Wildman–Crippen LogP) is 3.03. The zero-order valence-electron chi connectivity index (χ0n) is 14.8. The summed E-state index contributed by atoms with van der Waals surface area (Å²) in [6, 6.07) is 8.03. The molecule has 0 aliphatic heterocycles. The number of hydrogen-bond donors (Lipinski definition) is 0. The first-order valence-electron chi connectivity index (χ1n) is 8.26. The standard InChI is InChI=1S/C18H19BrN4O2S/c1-4-5-13-20-15-14(17(24)23(3)18(25)22(15)2)16(21-13)26-10-11-6-8-12(19)9-7-11/h6-9H,4-5,10H2,1-3H3. The minimum absolute atomic E-state index is 0.357. The van der Waals surface area contributed by atoms with Crippen molar-refractivity contribution < 1.29 is 0 Å². The van der Waals surface area contributed by atoms with Gasteiger partial charge in [-0.1, -0.05) is 35.0 Å². The molecule has 2 heterocycles. The van der Waals surface area contributed by atoms with Gasteiger partial charge in [0.2, 0.25) is 0 Å². The molecule has 0 spiro atoms. The Kier molecular flexibility index (Phi) is 5.62. The van der Waals surface area contributed by atoms with Crippen LogP contribution in [0.25, 0.3) is 11.0 Å². The Bertz CT molecular complexity index is 1070. The molecule has 0 amide bonds. The summed E-state index contributed by atoms with van der Waals surface area (Å²) in [5.74, 6) is 1.33. The van der Waals surface area contributed by atoms with E-state index in [2.05, 4.69) is 25.9 Å². The van der Waals surface area contributed by atoms with E-state index in [0.29, 0.717) is 34.1 Å². The monoisotopic (exact) mass is 434 g/mol. The van der Waals surface area contributed by atoms with Gasteiger partial charge in [-0.15, -0.1) is 11.8 Å². The summed E-state index contributed by atoms with van der Waals surface area (Å²) in [7, 11) is 3.11. The molecule has 0 unspecified atom stereocenters. The maximum absolute atomic E-state index is 12.7. The second-order valence-electron chi connectivity index (χ2n) is 6.01. The molecule has 26 heavy (non-hydrogen) atoms. The minimum Gasteiger partial charge on any atom is -0.280 e. The highest BCUT2D eigenvalue weighted by molar-refractivity contribution is 9.10.